The lowest BCUT2D eigenvalue weighted by Gasteiger charge is -2.37. The number of fused-ring (bicyclic) bond motifs is 1. The number of phenols is 1. The van der Waals surface area contributed by atoms with E-state index in [0.717, 1.165) is 31.4 Å². The van der Waals surface area contributed by atoms with Crippen LogP contribution in [0, 0.1) is 0 Å². The molecule has 1 heterocycles. The maximum atomic E-state index is 14.3. The molecule has 2 amide bonds. The highest BCUT2D eigenvalue weighted by atomic mass is 32.2. The molecule has 270 valence electrons. The minimum Gasteiger partial charge on any atom is -0.508 e. The van der Waals surface area contributed by atoms with Gasteiger partial charge < -0.3 is 30.5 Å². The number of benzene rings is 3. The number of amides is 2. The number of carbonyl (C=O) groups is 3. The number of nitrogens with zero attached hydrogens (tertiary/aromatic N) is 1. The van der Waals surface area contributed by atoms with Crippen molar-refractivity contribution in [3.05, 3.63) is 72.3 Å². The molecule has 0 spiro atoms. The summed E-state index contributed by atoms with van der Waals surface area (Å²) in [7, 11) is -4.07. The Labute approximate surface area is 298 Å². The Hall–Kier alpha value is -4.27. The fourth-order valence-corrected chi connectivity index (χ4v) is 8.12. The summed E-state index contributed by atoms with van der Waals surface area (Å²) in [6, 6.07) is 15.9. The first-order valence-electron chi connectivity index (χ1n) is 16.7. The standard InChI is InChI=1S/C36H46N4O8S2/c1-5-7-18-36(19-8-6-2)23-40(26-12-10-9-11-13-26)28-20-30(49-4)29(21-31(28)50(46,47)39-36)48-22-32(42)38-33(25-14-16-27(41)17-15-25)34(43)37-24(3)35(44)45/h9-17,20-21,24,33,39,41H,5-8,18-19,22-23H2,1-4H3,(H,37,43)(H,38,42)(H,44,45). The second kappa shape index (κ2) is 17.1. The van der Waals surface area contributed by atoms with Crippen LogP contribution < -0.4 is 25.0 Å². The van der Waals surface area contributed by atoms with E-state index in [1.165, 1.54) is 49.0 Å². The van der Waals surface area contributed by atoms with E-state index in [1.807, 2.05) is 41.5 Å². The molecule has 50 heavy (non-hydrogen) atoms. The van der Waals surface area contributed by atoms with Gasteiger partial charge in [-0.3, -0.25) is 14.4 Å². The average Bonchev–Trinajstić information content (AvgIpc) is 3.19. The van der Waals surface area contributed by atoms with Crippen LogP contribution in [0.1, 0.15) is 70.9 Å². The Morgan fingerprint density at radius 3 is 2.22 bits per heavy atom. The molecule has 3 aromatic carbocycles. The van der Waals surface area contributed by atoms with Crippen LogP contribution in [0.3, 0.4) is 0 Å². The van der Waals surface area contributed by atoms with Crippen molar-refractivity contribution in [2.45, 2.75) is 86.7 Å². The van der Waals surface area contributed by atoms with E-state index in [4.69, 9.17) is 4.74 Å². The molecular formula is C36H46N4O8S2. The first-order valence-corrected chi connectivity index (χ1v) is 19.4. The number of phenolic OH excluding ortho intramolecular Hbond substituents is 1. The van der Waals surface area contributed by atoms with E-state index >= 15 is 0 Å². The summed E-state index contributed by atoms with van der Waals surface area (Å²) in [6.45, 7) is 5.32. The number of nitrogens with one attached hydrogen (secondary N) is 3. The van der Waals surface area contributed by atoms with Gasteiger partial charge in [0.1, 0.15) is 28.5 Å². The molecule has 12 nitrogen and oxygen atoms in total. The summed E-state index contributed by atoms with van der Waals surface area (Å²) < 4.78 is 37.6. The van der Waals surface area contributed by atoms with E-state index in [-0.39, 0.29) is 16.4 Å². The highest BCUT2D eigenvalue weighted by molar-refractivity contribution is 7.98. The van der Waals surface area contributed by atoms with Crippen LogP contribution in [0.25, 0.3) is 0 Å². The number of unbranched alkanes of at least 4 members (excludes halogenated alkanes) is 2. The van der Waals surface area contributed by atoms with Gasteiger partial charge in [-0.2, -0.15) is 0 Å². The molecule has 14 heteroatoms. The zero-order valence-electron chi connectivity index (χ0n) is 28.8. The predicted octanol–water partition coefficient (Wildman–Crippen LogP) is 5.49. The average molecular weight is 727 g/mol. The summed E-state index contributed by atoms with van der Waals surface area (Å²) in [5.74, 6) is -2.63. The van der Waals surface area contributed by atoms with Crippen LogP contribution in [-0.2, 0) is 24.4 Å². The number of hydrogen-bond acceptors (Lipinski definition) is 9. The molecular weight excluding hydrogens is 681 g/mol. The lowest BCUT2D eigenvalue weighted by Crippen LogP contribution is -2.53. The predicted molar refractivity (Wildman–Crippen MR) is 193 cm³/mol. The molecule has 3 aromatic rings. The number of para-hydroxylation sites is 1. The number of aromatic hydroxyl groups is 1. The number of carboxylic acid groups (broad SMARTS) is 1. The Morgan fingerprint density at radius 1 is 1.00 bits per heavy atom. The van der Waals surface area contributed by atoms with Gasteiger partial charge in [0.05, 0.1) is 16.1 Å². The first-order chi connectivity index (χ1) is 23.8. The lowest BCUT2D eigenvalue weighted by molar-refractivity contribution is -0.141. The second-order valence-corrected chi connectivity index (χ2v) is 14.9. The van der Waals surface area contributed by atoms with Gasteiger partial charge in [0.2, 0.25) is 15.9 Å². The van der Waals surface area contributed by atoms with Crippen LogP contribution in [0.2, 0.25) is 0 Å². The summed E-state index contributed by atoms with van der Waals surface area (Å²) in [5, 5.41) is 23.9. The highest BCUT2D eigenvalue weighted by Gasteiger charge is 2.42. The van der Waals surface area contributed by atoms with Crippen molar-refractivity contribution in [3.63, 3.8) is 0 Å². The molecule has 0 fully saturated rings. The zero-order chi connectivity index (χ0) is 36.5. The molecule has 2 atom stereocenters. The SMILES string of the molecule is CCCCC1(CCCC)CN(c2ccccc2)c2cc(SC)c(OCC(=O)NC(C(=O)NC(C)C(=O)O)c3ccc(O)cc3)cc2S(=O)(=O)N1. The fourth-order valence-electron chi connectivity index (χ4n) is 5.91. The molecule has 1 aliphatic heterocycles. The van der Waals surface area contributed by atoms with Gasteiger partial charge in [0, 0.05) is 18.3 Å². The Balaban J connectivity index is 1.69. The number of anilines is 2. The van der Waals surface area contributed by atoms with Gasteiger partial charge in [0.15, 0.2) is 6.61 Å². The third-order valence-electron chi connectivity index (χ3n) is 8.60. The Bertz CT molecular complexity index is 1750. The van der Waals surface area contributed by atoms with Gasteiger partial charge in [0.25, 0.3) is 5.91 Å². The molecule has 0 bridgehead atoms. The summed E-state index contributed by atoms with van der Waals surface area (Å²) in [4.78, 5) is 40.4. The molecule has 0 radical (unpaired) electrons. The topological polar surface area (TPSA) is 174 Å². The van der Waals surface area contributed by atoms with Crippen molar-refractivity contribution in [1.29, 1.82) is 0 Å². The second-order valence-electron chi connectivity index (χ2n) is 12.4. The number of carboxylic acids is 1. The number of thioether (sulfide) groups is 1. The van der Waals surface area contributed by atoms with Gasteiger partial charge in [-0.15, -0.1) is 11.8 Å². The molecule has 0 saturated heterocycles. The van der Waals surface area contributed by atoms with Gasteiger partial charge >= 0.3 is 5.97 Å². The monoisotopic (exact) mass is 726 g/mol. The number of ether oxygens (including phenoxy) is 1. The molecule has 2 unspecified atom stereocenters. The minimum absolute atomic E-state index is 0.0217. The quantitative estimate of drug-likeness (QED) is 0.119. The van der Waals surface area contributed by atoms with E-state index in [0.29, 0.717) is 35.5 Å². The van der Waals surface area contributed by atoms with Crippen molar-refractivity contribution in [2.75, 3.05) is 24.3 Å². The smallest absolute Gasteiger partial charge is 0.325 e. The van der Waals surface area contributed by atoms with Crippen molar-refractivity contribution >= 4 is 50.9 Å². The largest absolute Gasteiger partial charge is 0.508 e. The van der Waals surface area contributed by atoms with Gasteiger partial charge in [-0.25, -0.2) is 13.1 Å². The number of aliphatic carboxylic acids is 1. The third kappa shape index (κ3) is 9.49. The number of hydrogen-bond donors (Lipinski definition) is 5. The van der Waals surface area contributed by atoms with Crippen LogP contribution in [0.4, 0.5) is 11.4 Å². The third-order valence-corrected chi connectivity index (χ3v) is 11.0. The van der Waals surface area contributed by atoms with E-state index < -0.39 is 52.0 Å². The number of carbonyl (C=O) groups excluding carboxylic acids is 2. The van der Waals surface area contributed by atoms with Gasteiger partial charge in [-0.05, 0) is 61.9 Å². The Morgan fingerprint density at radius 2 is 1.64 bits per heavy atom. The molecule has 5 N–H and O–H groups in total. The zero-order valence-corrected chi connectivity index (χ0v) is 30.4. The summed E-state index contributed by atoms with van der Waals surface area (Å²) >= 11 is 1.34. The Kier molecular flexibility index (Phi) is 13.2. The van der Waals surface area contributed by atoms with E-state index in [9.17, 15) is 33.0 Å². The molecule has 0 saturated carbocycles. The molecule has 0 aliphatic carbocycles. The van der Waals surface area contributed by atoms with Crippen LogP contribution >= 0.6 is 11.8 Å². The van der Waals surface area contributed by atoms with Crippen LogP contribution in [-0.4, -0.2) is 67.4 Å². The maximum absolute atomic E-state index is 14.3. The van der Waals surface area contributed by atoms with E-state index in [2.05, 4.69) is 29.2 Å². The minimum atomic E-state index is -4.07. The molecule has 1 aliphatic rings. The maximum Gasteiger partial charge on any atom is 0.325 e. The highest BCUT2D eigenvalue weighted by Crippen LogP contribution is 2.44. The lowest BCUT2D eigenvalue weighted by atomic mass is 9.87. The molecule has 4 rings (SSSR count). The summed E-state index contributed by atoms with van der Waals surface area (Å²) in [6.07, 6.45) is 6.69. The van der Waals surface area contributed by atoms with Crippen molar-refractivity contribution < 1.29 is 37.8 Å². The normalized spacial score (nSPS) is 16.0. The molecule has 0 aromatic heterocycles. The van der Waals surface area contributed by atoms with Gasteiger partial charge in [-0.1, -0.05) is 69.9 Å². The van der Waals surface area contributed by atoms with E-state index in [1.54, 1.807) is 6.07 Å². The number of rotatable bonds is 16. The van der Waals surface area contributed by atoms with Crippen molar-refractivity contribution in [1.82, 2.24) is 15.4 Å². The van der Waals surface area contributed by atoms with Crippen molar-refractivity contribution in [2.24, 2.45) is 0 Å². The fraction of sp³-hybridized carbons (Fsp3) is 0.417. The first kappa shape index (κ1) is 38.5. The van der Waals surface area contributed by atoms with Crippen molar-refractivity contribution in [3.8, 4) is 11.5 Å². The summed E-state index contributed by atoms with van der Waals surface area (Å²) in [5.41, 5.74) is 0.924. The van der Waals surface area contributed by atoms with Crippen LogP contribution in [0.15, 0.2) is 76.5 Å². The number of sulfonamides is 1. The van der Waals surface area contributed by atoms with Crippen LogP contribution in [0.5, 0.6) is 11.5 Å².